The lowest BCUT2D eigenvalue weighted by molar-refractivity contribution is 0.0999. The zero-order valence-corrected chi connectivity index (χ0v) is 13.6. The number of fused-ring (bicyclic) bond motifs is 1. The fourth-order valence-corrected chi connectivity index (χ4v) is 3.55. The summed E-state index contributed by atoms with van der Waals surface area (Å²) in [6.07, 6.45) is 1.59. The van der Waals surface area contributed by atoms with Crippen molar-refractivity contribution < 1.29 is 17.4 Å². The van der Waals surface area contributed by atoms with Gasteiger partial charge in [-0.05, 0) is 42.8 Å². The van der Waals surface area contributed by atoms with E-state index in [1.807, 2.05) is 6.92 Å². The average Bonchev–Trinajstić information content (AvgIpc) is 2.55. The SMILES string of the molecule is Cc1ccc(S(=O)(=O)Oc2ccccc2C(N)=O)c2cccnc12. The lowest BCUT2D eigenvalue weighted by atomic mass is 10.1. The molecule has 1 heterocycles. The molecule has 0 aliphatic rings. The molecule has 7 heteroatoms. The predicted octanol–water partition coefficient (Wildman–Crippen LogP) is 2.41. The molecule has 0 aliphatic heterocycles. The highest BCUT2D eigenvalue weighted by atomic mass is 32.2. The van der Waals surface area contributed by atoms with Crippen LogP contribution in [-0.2, 0) is 10.1 Å². The fraction of sp³-hybridized carbons (Fsp3) is 0.0588. The number of para-hydroxylation sites is 1. The Morgan fingerprint density at radius 3 is 2.58 bits per heavy atom. The Bertz CT molecular complexity index is 1050. The summed E-state index contributed by atoms with van der Waals surface area (Å²) in [4.78, 5) is 15.6. The van der Waals surface area contributed by atoms with Gasteiger partial charge in [-0.15, -0.1) is 0 Å². The molecular formula is C17H14N2O4S. The number of nitrogens with two attached hydrogens (primary N) is 1. The summed E-state index contributed by atoms with van der Waals surface area (Å²) in [7, 11) is -4.16. The van der Waals surface area contributed by atoms with Crippen molar-refractivity contribution in [3.63, 3.8) is 0 Å². The van der Waals surface area contributed by atoms with Gasteiger partial charge in [0, 0.05) is 11.6 Å². The van der Waals surface area contributed by atoms with Gasteiger partial charge in [-0.1, -0.05) is 18.2 Å². The van der Waals surface area contributed by atoms with Gasteiger partial charge in [0.15, 0.2) is 5.75 Å². The second kappa shape index (κ2) is 5.93. The van der Waals surface area contributed by atoms with Gasteiger partial charge >= 0.3 is 10.1 Å². The van der Waals surface area contributed by atoms with E-state index in [0.29, 0.717) is 10.9 Å². The highest BCUT2D eigenvalue weighted by Crippen LogP contribution is 2.28. The third kappa shape index (κ3) is 2.81. The Hall–Kier alpha value is -2.93. The van der Waals surface area contributed by atoms with Crippen LogP contribution in [0.4, 0.5) is 0 Å². The number of aryl methyl sites for hydroxylation is 1. The van der Waals surface area contributed by atoms with Crippen LogP contribution in [0.1, 0.15) is 15.9 Å². The molecule has 0 radical (unpaired) electrons. The molecule has 3 rings (SSSR count). The monoisotopic (exact) mass is 342 g/mol. The molecule has 0 aliphatic carbocycles. The maximum Gasteiger partial charge on any atom is 0.339 e. The Morgan fingerprint density at radius 1 is 1.08 bits per heavy atom. The van der Waals surface area contributed by atoms with Gasteiger partial charge in [0.05, 0.1) is 11.1 Å². The highest BCUT2D eigenvalue weighted by molar-refractivity contribution is 7.87. The van der Waals surface area contributed by atoms with Crippen molar-refractivity contribution >= 4 is 26.9 Å². The topological polar surface area (TPSA) is 99.4 Å². The van der Waals surface area contributed by atoms with E-state index in [9.17, 15) is 13.2 Å². The molecule has 0 spiro atoms. The minimum absolute atomic E-state index is 0.00406. The summed E-state index contributed by atoms with van der Waals surface area (Å²) in [5.41, 5.74) is 6.68. The van der Waals surface area contributed by atoms with Crippen molar-refractivity contribution in [2.75, 3.05) is 0 Å². The molecule has 2 aromatic carbocycles. The van der Waals surface area contributed by atoms with Crippen LogP contribution in [0.3, 0.4) is 0 Å². The van der Waals surface area contributed by atoms with Gasteiger partial charge in [-0.3, -0.25) is 9.78 Å². The second-order valence-corrected chi connectivity index (χ2v) is 6.69. The lowest BCUT2D eigenvalue weighted by Crippen LogP contribution is -2.16. The van der Waals surface area contributed by atoms with Crippen LogP contribution in [-0.4, -0.2) is 19.3 Å². The average molecular weight is 342 g/mol. The van der Waals surface area contributed by atoms with Crippen LogP contribution >= 0.6 is 0 Å². The van der Waals surface area contributed by atoms with Crippen molar-refractivity contribution in [3.8, 4) is 5.75 Å². The first-order valence-electron chi connectivity index (χ1n) is 7.08. The number of aromatic nitrogens is 1. The standard InChI is InChI=1S/C17H14N2O4S/c1-11-8-9-15(13-6-4-10-19-16(11)13)24(21,22)23-14-7-3-2-5-12(14)17(18)20/h2-10H,1H3,(H2,18,20). The van der Waals surface area contributed by atoms with E-state index < -0.39 is 16.0 Å². The smallest absolute Gasteiger partial charge is 0.339 e. The van der Waals surface area contributed by atoms with Crippen molar-refractivity contribution in [2.45, 2.75) is 11.8 Å². The number of carbonyl (C=O) groups is 1. The highest BCUT2D eigenvalue weighted by Gasteiger charge is 2.23. The Kier molecular flexibility index (Phi) is 3.94. The molecule has 0 fully saturated rings. The van der Waals surface area contributed by atoms with Crippen LogP contribution < -0.4 is 9.92 Å². The third-order valence-electron chi connectivity index (χ3n) is 3.55. The molecule has 0 atom stereocenters. The van der Waals surface area contributed by atoms with Gasteiger partial charge in [0.1, 0.15) is 4.90 Å². The quantitative estimate of drug-likeness (QED) is 0.734. The molecule has 0 saturated carbocycles. The molecule has 3 aromatic rings. The van der Waals surface area contributed by atoms with E-state index in [1.54, 1.807) is 36.5 Å². The van der Waals surface area contributed by atoms with Crippen molar-refractivity contribution in [2.24, 2.45) is 5.73 Å². The third-order valence-corrected chi connectivity index (χ3v) is 4.85. The van der Waals surface area contributed by atoms with Gasteiger partial charge in [0.2, 0.25) is 0 Å². The van der Waals surface area contributed by atoms with Gasteiger partial charge in [-0.25, -0.2) is 0 Å². The molecule has 122 valence electrons. The lowest BCUT2D eigenvalue weighted by Gasteiger charge is -2.12. The van der Waals surface area contributed by atoms with Gasteiger partial charge in [0.25, 0.3) is 5.91 Å². The fourth-order valence-electron chi connectivity index (χ4n) is 2.41. The summed E-state index contributed by atoms with van der Waals surface area (Å²) in [6, 6.07) is 12.3. The zero-order valence-electron chi connectivity index (χ0n) is 12.8. The second-order valence-electron chi connectivity index (χ2n) is 5.18. The number of carbonyl (C=O) groups excluding carboxylic acids is 1. The number of amides is 1. The summed E-state index contributed by atoms with van der Waals surface area (Å²) in [5.74, 6) is -0.876. The van der Waals surface area contributed by atoms with Crippen molar-refractivity contribution in [3.05, 3.63) is 65.9 Å². The molecule has 6 nitrogen and oxygen atoms in total. The Morgan fingerprint density at radius 2 is 1.83 bits per heavy atom. The number of benzene rings is 2. The normalized spacial score (nSPS) is 11.4. The maximum absolute atomic E-state index is 12.7. The summed E-state index contributed by atoms with van der Waals surface area (Å²) in [5, 5.41) is 0.453. The number of hydrogen-bond acceptors (Lipinski definition) is 5. The van der Waals surface area contributed by atoms with Crippen molar-refractivity contribution in [1.82, 2.24) is 4.98 Å². The predicted molar refractivity (Wildman–Crippen MR) is 89.3 cm³/mol. The van der Waals surface area contributed by atoms with Crippen LogP contribution in [0.5, 0.6) is 5.75 Å². The number of nitrogens with zero attached hydrogens (tertiary/aromatic N) is 1. The molecular weight excluding hydrogens is 328 g/mol. The van der Waals surface area contributed by atoms with Crippen molar-refractivity contribution in [1.29, 1.82) is 0 Å². The minimum atomic E-state index is -4.16. The molecule has 1 amide bonds. The van der Waals surface area contributed by atoms with Crippen LogP contribution in [0.15, 0.2) is 59.6 Å². The van der Waals surface area contributed by atoms with Gasteiger partial charge < -0.3 is 9.92 Å². The minimum Gasteiger partial charge on any atom is -0.378 e. The van der Waals surface area contributed by atoms with E-state index in [1.165, 1.54) is 18.2 Å². The largest absolute Gasteiger partial charge is 0.378 e. The first-order valence-corrected chi connectivity index (χ1v) is 8.48. The number of rotatable bonds is 4. The van der Waals surface area contributed by atoms with Gasteiger partial charge in [-0.2, -0.15) is 8.42 Å². The first kappa shape index (κ1) is 15.9. The van der Waals surface area contributed by atoms with E-state index in [4.69, 9.17) is 9.92 Å². The summed E-state index contributed by atoms with van der Waals surface area (Å²) >= 11 is 0. The van der Waals surface area contributed by atoms with Crippen LogP contribution in [0.25, 0.3) is 10.9 Å². The first-order chi connectivity index (χ1) is 11.4. The van der Waals surface area contributed by atoms with E-state index in [-0.39, 0.29) is 16.2 Å². The Balaban J connectivity index is 2.14. The van der Waals surface area contributed by atoms with E-state index in [0.717, 1.165) is 5.56 Å². The summed E-state index contributed by atoms with van der Waals surface area (Å²) in [6.45, 7) is 1.84. The molecule has 0 unspecified atom stereocenters. The van der Waals surface area contributed by atoms with Crippen LogP contribution in [0, 0.1) is 6.92 Å². The number of pyridine rings is 1. The molecule has 0 saturated heterocycles. The van der Waals surface area contributed by atoms with E-state index >= 15 is 0 Å². The number of primary amides is 1. The molecule has 2 N–H and O–H groups in total. The maximum atomic E-state index is 12.7. The zero-order chi connectivity index (χ0) is 17.3. The Labute approximate surface area is 139 Å². The molecule has 1 aromatic heterocycles. The molecule has 24 heavy (non-hydrogen) atoms. The van der Waals surface area contributed by atoms with E-state index in [2.05, 4.69) is 4.98 Å². The van der Waals surface area contributed by atoms with Crippen LogP contribution in [0.2, 0.25) is 0 Å². The molecule has 0 bridgehead atoms. The summed E-state index contributed by atoms with van der Waals surface area (Å²) < 4.78 is 30.6. The number of hydrogen-bond donors (Lipinski definition) is 1.